The van der Waals surface area contributed by atoms with Gasteiger partial charge in [0.05, 0.1) is 0 Å². The molecule has 0 atom stereocenters. The van der Waals surface area contributed by atoms with Gasteiger partial charge in [0.1, 0.15) is 6.54 Å². The smallest absolute Gasteiger partial charge is 0.347 e. The van der Waals surface area contributed by atoms with E-state index in [-0.39, 0.29) is 5.95 Å². The minimum absolute atomic E-state index is 0.265. The van der Waals surface area contributed by atoms with Crippen LogP contribution in [0.25, 0.3) is 0 Å². The third-order valence-corrected chi connectivity index (χ3v) is 1.72. The maximum absolute atomic E-state index is 11.9. The van der Waals surface area contributed by atoms with Gasteiger partial charge < -0.3 is 9.88 Å². The molecule has 0 aliphatic rings. The number of imidazole rings is 1. The summed E-state index contributed by atoms with van der Waals surface area (Å²) in [5.41, 5.74) is 0. The van der Waals surface area contributed by atoms with Gasteiger partial charge in [-0.05, 0) is 5.92 Å². The van der Waals surface area contributed by atoms with Crippen LogP contribution >= 0.6 is 0 Å². The number of hydrogen-bond donors (Lipinski definition) is 1. The quantitative estimate of drug-likeness (QED) is 0.846. The lowest BCUT2D eigenvalue weighted by molar-refractivity contribution is -0.115. The number of anilines is 1. The van der Waals surface area contributed by atoms with Crippen molar-refractivity contribution < 1.29 is 13.2 Å². The first kappa shape index (κ1) is 11.9. The lowest BCUT2D eigenvalue weighted by Crippen LogP contribution is -2.23. The van der Waals surface area contributed by atoms with E-state index in [0.717, 1.165) is 0 Å². The van der Waals surface area contributed by atoms with Crippen LogP contribution in [0.5, 0.6) is 0 Å². The maximum Gasteiger partial charge on any atom is 0.405 e. The molecule has 0 spiro atoms. The number of nitrogens with zero attached hydrogens (tertiary/aromatic N) is 2. The Morgan fingerprint density at radius 1 is 1.47 bits per heavy atom. The normalized spacial score (nSPS) is 12.1. The molecular formula is C9H14F3N3. The highest BCUT2D eigenvalue weighted by molar-refractivity contribution is 5.25. The third-order valence-electron chi connectivity index (χ3n) is 1.72. The summed E-state index contributed by atoms with van der Waals surface area (Å²) in [6, 6.07) is 0. The van der Waals surface area contributed by atoms with E-state index in [4.69, 9.17) is 0 Å². The fourth-order valence-electron chi connectivity index (χ4n) is 1.20. The van der Waals surface area contributed by atoms with Gasteiger partial charge in [0.25, 0.3) is 0 Å². The van der Waals surface area contributed by atoms with Gasteiger partial charge in [-0.15, -0.1) is 0 Å². The first-order chi connectivity index (χ1) is 6.88. The van der Waals surface area contributed by atoms with Crippen molar-refractivity contribution in [2.24, 2.45) is 5.92 Å². The maximum atomic E-state index is 11.9. The van der Waals surface area contributed by atoms with Crippen molar-refractivity contribution in [3.8, 4) is 0 Å². The second kappa shape index (κ2) is 4.55. The van der Waals surface area contributed by atoms with Gasteiger partial charge in [0, 0.05) is 18.9 Å². The molecule has 0 unspecified atom stereocenters. The molecule has 15 heavy (non-hydrogen) atoms. The average molecular weight is 221 g/mol. The Morgan fingerprint density at radius 2 is 2.13 bits per heavy atom. The zero-order valence-corrected chi connectivity index (χ0v) is 8.67. The van der Waals surface area contributed by atoms with Crippen LogP contribution in [-0.4, -0.2) is 22.3 Å². The van der Waals surface area contributed by atoms with Crippen LogP contribution in [0.2, 0.25) is 0 Å². The molecular weight excluding hydrogens is 207 g/mol. The second-order valence-electron chi connectivity index (χ2n) is 3.77. The van der Waals surface area contributed by atoms with E-state index in [1.165, 1.54) is 6.20 Å². The van der Waals surface area contributed by atoms with Crippen molar-refractivity contribution in [1.82, 2.24) is 9.55 Å². The van der Waals surface area contributed by atoms with Gasteiger partial charge in [-0.1, -0.05) is 13.8 Å². The summed E-state index contributed by atoms with van der Waals surface area (Å²) in [4.78, 5) is 3.82. The van der Waals surface area contributed by atoms with E-state index in [9.17, 15) is 13.2 Å². The lowest BCUT2D eigenvalue weighted by atomic mass is 10.2. The van der Waals surface area contributed by atoms with Crippen LogP contribution < -0.4 is 5.32 Å². The molecule has 6 heteroatoms. The molecule has 1 heterocycles. The Kier molecular flexibility index (Phi) is 3.60. The van der Waals surface area contributed by atoms with E-state index in [1.807, 2.05) is 13.8 Å². The minimum atomic E-state index is -4.21. The zero-order valence-electron chi connectivity index (χ0n) is 8.67. The molecule has 0 radical (unpaired) electrons. The largest absolute Gasteiger partial charge is 0.405 e. The predicted octanol–water partition coefficient (Wildman–Crippen LogP) is 2.51. The molecule has 1 N–H and O–H groups in total. The summed E-state index contributed by atoms with van der Waals surface area (Å²) in [6.45, 7) is 3.59. The highest BCUT2D eigenvalue weighted by Crippen LogP contribution is 2.16. The Morgan fingerprint density at radius 3 is 2.67 bits per heavy atom. The Balaban J connectivity index is 2.57. The second-order valence-corrected chi connectivity index (χ2v) is 3.77. The van der Waals surface area contributed by atoms with Crippen LogP contribution in [-0.2, 0) is 6.54 Å². The summed E-state index contributed by atoms with van der Waals surface area (Å²) in [5, 5.41) is 2.27. The number of nitrogens with one attached hydrogen (secondary N) is 1. The fraction of sp³-hybridized carbons (Fsp3) is 0.667. The number of aromatic nitrogens is 2. The highest BCUT2D eigenvalue weighted by Gasteiger charge is 2.27. The van der Waals surface area contributed by atoms with E-state index in [1.54, 1.807) is 10.8 Å². The average Bonchev–Trinajstić information content (AvgIpc) is 2.46. The highest BCUT2D eigenvalue weighted by atomic mass is 19.4. The molecule has 1 aromatic rings. The molecule has 0 amide bonds. The molecule has 1 rings (SSSR count). The van der Waals surface area contributed by atoms with E-state index in [2.05, 4.69) is 10.3 Å². The summed E-state index contributed by atoms with van der Waals surface area (Å²) >= 11 is 0. The van der Waals surface area contributed by atoms with E-state index >= 15 is 0 Å². The Bertz CT molecular complexity index is 304. The molecule has 0 saturated heterocycles. The number of halogens is 3. The van der Waals surface area contributed by atoms with Crippen molar-refractivity contribution in [3.63, 3.8) is 0 Å². The van der Waals surface area contributed by atoms with Crippen molar-refractivity contribution >= 4 is 5.95 Å². The molecule has 0 saturated carbocycles. The van der Waals surface area contributed by atoms with Gasteiger partial charge in [0.15, 0.2) is 0 Å². The standard InChI is InChI=1S/C9H14F3N3/c1-7(2)5-15-4-3-13-8(15)14-6-9(10,11)12/h3-4,7H,5-6H2,1-2H3,(H,13,14). The first-order valence-electron chi connectivity index (χ1n) is 4.70. The van der Waals surface area contributed by atoms with Gasteiger partial charge in [0.2, 0.25) is 5.95 Å². The van der Waals surface area contributed by atoms with Crippen LogP contribution in [0, 0.1) is 5.92 Å². The van der Waals surface area contributed by atoms with Crippen molar-refractivity contribution in [3.05, 3.63) is 12.4 Å². The number of rotatable bonds is 4. The molecule has 0 fully saturated rings. The summed E-state index contributed by atoms with van der Waals surface area (Å²) < 4.78 is 37.5. The molecule has 0 aliphatic carbocycles. The van der Waals surface area contributed by atoms with Crippen LogP contribution in [0.4, 0.5) is 19.1 Å². The summed E-state index contributed by atoms with van der Waals surface area (Å²) in [5.74, 6) is 0.631. The van der Waals surface area contributed by atoms with Crippen LogP contribution in [0.15, 0.2) is 12.4 Å². The zero-order chi connectivity index (χ0) is 11.5. The summed E-state index contributed by atoms with van der Waals surface area (Å²) in [6.07, 6.45) is -1.06. The van der Waals surface area contributed by atoms with Crippen molar-refractivity contribution in [2.45, 2.75) is 26.6 Å². The Hall–Kier alpha value is -1.20. The monoisotopic (exact) mass is 221 g/mol. The van der Waals surface area contributed by atoms with Gasteiger partial charge in [-0.3, -0.25) is 0 Å². The van der Waals surface area contributed by atoms with Crippen molar-refractivity contribution in [1.29, 1.82) is 0 Å². The fourth-order valence-corrected chi connectivity index (χ4v) is 1.20. The lowest BCUT2D eigenvalue weighted by Gasteiger charge is -2.12. The van der Waals surface area contributed by atoms with Crippen molar-refractivity contribution in [2.75, 3.05) is 11.9 Å². The number of alkyl halides is 3. The molecule has 0 bridgehead atoms. The first-order valence-corrected chi connectivity index (χ1v) is 4.70. The topological polar surface area (TPSA) is 29.9 Å². The van der Waals surface area contributed by atoms with Gasteiger partial charge in [-0.2, -0.15) is 13.2 Å². The molecule has 0 aromatic carbocycles. The van der Waals surface area contributed by atoms with E-state index in [0.29, 0.717) is 12.5 Å². The SMILES string of the molecule is CC(C)Cn1ccnc1NCC(F)(F)F. The third kappa shape index (κ3) is 4.22. The summed E-state index contributed by atoms with van der Waals surface area (Å²) in [7, 11) is 0. The number of hydrogen-bond acceptors (Lipinski definition) is 2. The predicted molar refractivity (Wildman–Crippen MR) is 51.6 cm³/mol. The molecule has 3 nitrogen and oxygen atoms in total. The van der Waals surface area contributed by atoms with Gasteiger partial charge >= 0.3 is 6.18 Å². The van der Waals surface area contributed by atoms with E-state index < -0.39 is 12.7 Å². The minimum Gasteiger partial charge on any atom is -0.347 e. The molecule has 1 aromatic heterocycles. The van der Waals surface area contributed by atoms with Crippen LogP contribution in [0.1, 0.15) is 13.8 Å². The molecule has 0 aliphatic heterocycles. The van der Waals surface area contributed by atoms with Gasteiger partial charge in [-0.25, -0.2) is 4.98 Å². The Labute approximate surface area is 86.3 Å². The van der Waals surface area contributed by atoms with Crippen LogP contribution in [0.3, 0.4) is 0 Å². The molecule has 86 valence electrons.